The van der Waals surface area contributed by atoms with Gasteiger partial charge in [-0.25, -0.2) is 14.4 Å². The quantitative estimate of drug-likeness (QED) is 0.522. The van der Waals surface area contributed by atoms with Gasteiger partial charge in [-0.2, -0.15) is 0 Å². The van der Waals surface area contributed by atoms with Gasteiger partial charge >= 0.3 is 23.9 Å². The van der Waals surface area contributed by atoms with E-state index in [1.807, 2.05) is 0 Å². The highest BCUT2D eigenvalue weighted by molar-refractivity contribution is 5.86. The van der Waals surface area contributed by atoms with Crippen molar-refractivity contribution in [3.8, 4) is 0 Å². The van der Waals surface area contributed by atoms with Crippen molar-refractivity contribution < 1.29 is 33.8 Å². The Balaban J connectivity index is 4.38. The van der Waals surface area contributed by atoms with Gasteiger partial charge < -0.3 is 25.2 Å². The molecular weight excluding hydrogens is 284 g/mol. The Hall–Kier alpha value is -2.32. The molecule has 2 amide bonds. The van der Waals surface area contributed by atoms with Gasteiger partial charge in [0.05, 0.1) is 13.7 Å². The van der Waals surface area contributed by atoms with E-state index in [1.54, 1.807) is 6.92 Å². The van der Waals surface area contributed by atoms with E-state index in [0.717, 1.165) is 0 Å². The van der Waals surface area contributed by atoms with Crippen LogP contribution in [0.15, 0.2) is 0 Å². The molecule has 3 N–H and O–H groups in total. The first-order valence-electron chi connectivity index (χ1n) is 6.35. The second-order valence-electron chi connectivity index (χ2n) is 4.10. The number of esters is 2. The summed E-state index contributed by atoms with van der Waals surface area (Å²) >= 11 is 0. The molecule has 120 valence electrons. The van der Waals surface area contributed by atoms with Crippen LogP contribution in [0.3, 0.4) is 0 Å². The predicted octanol–water partition coefficient (Wildman–Crippen LogP) is -0.356. The molecule has 0 aliphatic heterocycles. The highest BCUT2D eigenvalue weighted by Crippen LogP contribution is 2.00. The first kappa shape index (κ1) is 18.7. The molecule has 0 aromatic rings. The number of carbonyl (C=O) groups is 4. The van der Waals surface area contributed by atoms with Crippen molar-refractivity contribution in [2.24, 2.45) is 0 Å². The second-order valence-corrected chi connectivity index (χ2v) is 4.10. The minimum Gasteiger partial charge on any atom is -0.480 e. The summed E-state index contributed by atoms with van der Waals surface area (Å²) in [6.45, 7) is 3.20. The first-order valence-corrected chi connectivity index (χ1v) is 6.35. The molecule has 21 heavy (non-hydrogen) atoms. The number of hydrogen-bond donors (Lipinski definition) is 3. The lowest BCUT2D eigenvalue weighted by molar-refractivity contribution is -0.145. The van der Waals surface area contributed by atoms with Crippen molar-refractivity contribution >= 4 is 23.9 Å². The molecular formula is C12H20N2O7. The largest absolute Gasteiger partial charge is 0.480 e. The van der Waals surface area contributed by atoms with Gasteiger partial charge in [0.1, 0.15) is 12.1 Å². The van der Waals surface area contributed by atoms with Gasteiger partial charge in [-0.3, -0.25) is 4.79 Å². The third-order valence-electron chi connectivity index (χ3n) is 2.46. The van der Waals surface area contributed by atoms with E-state index in [1.165, 1.54) is 14.0 Å². The maximum Gasteiger partial charge on any atom is 0.328 e. The number of rotatable bonds is 8. The van der Waals surface area contributed by atoms with Crippen molar-refractivity contribution in [2.45, 2.75) is 38.8 Å². The number of carboxylic acid groups (broad SMARTS) is 1. The predicted molar refractivity (Wildman–Crippen MR) is 70.4 cm³/mol. The maximum absolute atomic E-state index is 11.6. The van der Waals surface area contributed by atoms with E-state index < -0.39 is 36.0 Å². The van der Waals surface area contributed by atoms with Crippen LogP contribution >= 0.6 is 0 Å². The lowest BCUT2D eigenvalue weighted by atomic mass is 10.1. The lowest BCUT2D eigenvalue weighted by Gasteiger charge is -2.17. The lowest BCUT2D eigenvalue weighted by Crippen LogP contribution is -2.50. The smallest absolute Gasteiger partial charge is 0.328 e. The zero-order valence-electron chi connectivity index (χ0n) is 12.2. The van der Waals surface area contributed by atoms with E-state index in [0.29, 0.717) is 0 Å². The number of aliphatic carboxylic acids is 1. The van der Waals surface area contributed by atoms with Crippen LogP contribution in [0.4, 0.5) is 4.79 Å². The van der Waals surface area contributed by atoms with Crippen molar-refractivity contribution in [1.82, 2.24) is 10.6 Å². The molecule has 0 aliphatic carbocycles. The fraction of sp³-hybridized carbons (Fsp3) is 0.667. The number of urea groups is 1. The highest BCUT2D eigenvalue weighted by Gasteiger charge is 2.23. The molecule has 9 heteroatoms. The van der Waals surface area contributed by atoms with Crippen LogP contribution in [0.1, 0.15) is 26.7 Å². The Bertz CT molecular complexity index is 397. The van der Waals surface area contributed by atoms with E-state index in [2.05, 4.69) is 15.4 Å². The molecule has 0 fully saturated rings. The molecule has 0 rings (SSSR count). The minimum atomic E-state index is -1.29. The van der Waals surface area contributed by atoms with E-state index in [-0.39, 0.29) is 19.4 Å². The van der Waals surface area contributed by atoms with E-state index >= 15 is 0 Å². The topological polar surface area (TPSA) is 131 Å². The summed E-state index contributed by atoms with van der Waals surface area (Å²) in [5, 5.41) is 13.4. The van der Waals surface area contributed by atoms with Crippen LogP contribution in [0, 0.1) is 0 Å². The van der Waals surface area contributed by atoms with Gasteiger partial charge in [-0.15, -0.1) is 0 Å². The van der Waals surface area contributed by atoms with Gasteiger partial charge in [-0.1, -0.05) is 0 Å². The summed E-state index contributed by atoms with van der Waals surface area (Å²) in [6, 6.07) is -3.02. The number of nitrogens with one attached hydrogen (secondary N) is 2. The fourth-order valence-electron chi connectivity index (χ4n) is 1.34. The summed E-state index contributed by atoms with van der Waals surface area (Å²) in [7, 11) is 1.18. The standard InChI is InChI=1S/C12H20N2O7/c1-4-21-11(18)7(2)13-12(19)14-8(10(16)17)5-6-9(15)20-3/h7-8H,4-6H2,1-3H3,(H,16,17)(H2,13,14,19)/t7?,8-/m0/s1. The Morgan fingerprint density at radius 2 is 1.81 bits per heavy atom. The zero-order chi connectivity index (χ0) is 16.4. The Morgan fingerprint density at radius 3 is 2.29 bits per heavy atom. The van der Waals surface area contributed by atoms with Crippen LogP contribution in [0.5, 0.6) is 0 Å². The molecule has 0 aliphatic rings. The average molecular weight is 304 g/mol. The molecule has 0 aromatic heterocycles. The molecule has 2 atom stereocenters. The van der Waals surface area contributed by atoms with Crippen LogP contribution in [-0.4, -0.2) is 54.8 Å². The number of hydrogen-bond acceptors (Lipinski definition) is 6. The second kappa shape index (κ2) is 9.56. The summed E-state index contributed by atoms with van der Waals surface area (Å²) < 4.78 is 9.08. The molecule has 9 nitrogen and oxygen atoms in total. The van der Waals surface area contributed by atoms with Crippen LogP contribution in [-0.2, 0) is 23.9 Å². The Labute approximate surface area is 122 Å². The van der Waals surface area contributed by atoms with Gasteiger partial charge in [0, 0.05) is 6.42 Å². The van der Waals surface area contributed by atoms with E-state index in [4.69, 9.17) is 9.84 Å². The minimum absolute atomic E-state index is 0.122. The Morgan fingerprint density at radius 1 is 1.19 bits per heavy atom. The van der Waals surface area contributed by atoms with Crippen molar-refractivity contribution in [3.63, 3.8) is 0 Å². The summed E-state index contributed by atoms with van der Waals surface area (Å²) in [5.74, 6) is -2.50. The number of carbonyl (C=O) groups excluding carboxylic acids is 3. The Kier molecular flexibility index (Phi) is 8.51. The number of amides is 2. The third-order valence-corrected chi connectivity index (χ3v) is 2.46. The van der Waals surface area contributed by atoms with Crippen molar-refractivity contribution in [3.05, 3.63) is 0 Å². The van der Waals surface area contributed by atoms with Crippen LogP contribution < -0.4 is 10.6 Å². The van der Waals surface area contributed by atoms with Crippen LogP contribution in [0.2, 0.25) is 0 Å². The monoisotopic (exact) mass is 304 g/mol. The summed E-state index contributed by atoms with van der Waals surface area (Å²) in [6.07, 6.45) is -0.273. The zero-order valence-corrected chi connectivity index (χ0v) is 12.2. The normalized spacial score (nSPS) is 12.7. The first-order chi connectivity index (χ1) is 9.81. The number of carboxylic acids is 1. The number of methoxy groups -OCH3 is 1. The SMILES string of the molecule is CCOC(=O)C(C)NC(=O)N[C@@H](CCC(=O)OC)C(=O)O. The van der Waals surface area contributed by atoms with Crippen molar-refractivity contribution in [1.29, 1.82) is 0 Å². The van der Waals surface area contributed by atoms with Gasteiger partial charge in [-0.05, 0) is 20.3 Å². The molecule has 0 saturated carbocycles. The molecule has 0 spiro atoms. The molecule has 0 saturated heterocycles. The van der Waals surface area contributed by atoms with Gasteiger partial charge in [0.2, 0.25) is 0 Å². The summed E-state index contributed by atoms with van der Waals surface area (Å²) in [5.41, 5.74) is 0. The maximum atomic E-state index is 11.6. The molecule has 0 bridgehead atoms. The highest BCUT2D eigenvalue weighted by atomic mass is 16.5. The van der Waals surface area contributed by atoms with Crippen LogP contribution in [0.25, 0.3) is 0 Å². The number of ether oxygens (including phenoxy) is 2. The molecule has 0 heterocycles. The molecule has 0 aromatic carbocycles. The fourth-order valence-corrected chi connectivity index (χ4v) is 1.34. The van der Waals surface area contributed by atoms with Crippen molar-refractivity contribution in [2.75, 3.05) is 13.7 Å². The average Bonchev–Trinajstić information content (AvgIpc) is 2.42. The molecule has 1 unspecified atom stereocenters. The van der Waals surface area contributed by atoms with Gasteiger partial charge in [0.25, 0.3) is 0 Å². The van der Waals surface area contributed by atoms with Gasteiger partial charge in [0.15, 0.2) is 0 Å². The molecule has 0 radical (unpaired) electrons. The van der Waals surface area contributed by atoms with E-state index in [9.17, 15) is 19.2 Å². The summed E-state index contributed by atoms with van der Waals surface area (Å²) in [4.78, 5) is 44.8. The third kappa shape index (κ3) is 7.75.